The minimum atomic E-state index is -2.67. The van der Waals surface area contributed by atoms with E-state index < -0.39 is 9.84 Å². The zero-order chi connectivity index (χ0) is 7.90. The van der Waals surface area contributed by atoms with E-state index in [1.54, 1.807) is 0 Å². The monoisotopic (exact) mass is 175 g/mol. The number of hydrogen-bond donors (Lipinski definition) is 1. The molecular formula is C7H13NO2S. The molecule has 3 nitrogen and oxygen atoms in total. The van der Waals surface area contributed by atoms with Crippen LogP contribution in [-0.2, 0) is 9.84 Å². The first-order valence-corrected chi connectivity index (χ1v) is 5.91. The summed E-state index contributed by atoms with van der Waals surface area (Å²) >= 11 is 0. The van der Waals surface area contributed by atoms with Gasteiger partial charge in [-0.15, -0.1) is 0 Å². The quantitative estimate of drug-likeness (QED) is 0.547. The summed E-state index contributed by atoms with van der Waals surface area (Å²) in [7, 11) is -2.67. The normalized spacial score (nSPS) is 41.8. The van der Waals surface area contributed by atoms with Gasteiger partial charge >= 0.3 is 0 Å². The van der Waals surface area contributed by atoms with Crippen LogP contribution in [0.2, 0.25) is 0 Å². The third-order valence-corrected chi connectivity index (χ3v) is 4.57. The second kappa shape index (κ2) is 2.45. The second-order valence-electron chi connectivity index (χ2n) is 3.59. The molecule has 0 aromatic carbocycles. The summed E-state index contributed by atoms with van der Waals surface area (Å²) in [6.45, 7) is 1.90. The molecule has 0 unspecified atom stereocenters. The van der Waals surface area contributed by atoms with E-state index in [1.165, 1.54) is 0 Å². The van der Waals surface area contributed by atoms with Crippen molar-refractivity contribution in [3.63, 3.8) is 0 Å². The van der Waals surface area contributed by atoms with Gasteiger partial charge < -0.3 is 5.32 Å². The van der Waals surface area contributed by atoms with Crippen molar-refractivity contribution >= 4 is 9.84 Å². The highest BCUT2D eigenvalue weighted by atomic mass is 32.2. The molecule has 0 saturated carbocycles. The van der Waals surface area contributed by atoms with Gasteiger partial charge in [-0.05, 0) is 31.3 Å². The molecule has 2 heterocycles. The SMILES string of the molecule is O=S1(=O)C[C@H]2CNCC[C@H]2C1. The Bertz CT molecular complexity index is 227. The van der Waals surface area contributed by atoms with Gasteiger partial charge in [-0.3, -0.25) is 0 Å². The van der Waals surface area contributed by atoms with Crippen molar-refractivity contribution < 1.29 is 8.42 Å². The number of hydrogen-bond acceptors (Lipinski definition) is 3. The van der Waals surface area contributed by atoms with Gasteiger partial charge in [0, 0.05) is 0 Å². The number of fused-ring (bicyclic) bond motifs is 1. The Balaban J connectivity index is 2.15. The average Bonchev–Trinajstić information content (AvgIpc) is 2.21. The first-order chi connectivity index (χ1) is 5.17. The Hall–Kier alpha value is -0.0900. The summed E-state index contributed by atoms with van der Waals surface area (Å²) in [6, 6.07) is 0. The number of sulfone groups is 1. The van der Waals surface area contributed by atoms with Crippen molar-refractivity contribution in [3.05, 3.63) is 0 Å². The lowest BCUT2D eigenvalue weighted by Crippen LogP contribution is -2.35. The topological polar surface area (TPSA) is 46.2 Å². The predicted octanol–water partition coefficient (Wildman–Crippen LogP) is -0.360. The van der Waals surface area contributed by atoms with Gasteiger partial charge in [0.05, 0.1) is 11.5 Å². The van der Waals surface area contributed by atoms with Crippen LogP contribution in [0.25, 0.3) is 0 Å². The van der Waals surface area contributed by atoms with Crippen molar-refractivity contribution in [2.45, 2.75) is 6.42 Å². The summed E-state index contributed by atoms with van der Waals surface area (Å²) in [5.74, 6) is 1.74. The standard InChI is InChI=1S/C7H13NO2S/c9-11(10)4-6-1-2-8-3-7(6)5-11/h6-8H,1-5H2/t6-,7+/m0/s1. The largest absolute Gasteiger partial charge is 0.316 e. The van der Waals surface area contributed by atoms with Gasteiger partial charge in [0.1, 0.15) is 0 Å². The zero-order valence-electron chi connectivity index (χ0n) is 6.41. The molecule has 2 aliphatic heterocycles. The van der Waals surface area contributed by atoms with E-state index >= 15 is 0 Å². The van der Waals surface area contributed by atoms with Crippen LogP contribution in [0, 0.1) is 11.8 Å². The minimum absolute atomic E-state index is 0.411. The third-order valence-electron chi connectivity index (χ3n) is 2.70. The first kappa shape index (κ1) is 7.55. The Kier molecular flexibility index (Phi) is 1.68. The number of piperidine rings is 1. The molecule has 2 fully saturated rings. The van der Waals surface area contributed by atoms with Gasteiger partial charge in [0.15, 0.2) is 9.84 Å². The molecule has 64 valence electrons. The van der Waals surface area contributed by atoms with Crippen LogP contribution in [0.4, 0.5) is 0 Å². The average molecular weight is 175 g/mol. The summed E-state index contributed by atoms with van der Waals surface area (Å²) < 4.78 is 22.3. The Morgan fingerprint density at radius 2 is 1.91 bits per heavy atom. The van der Waals surface area contributed by atoms with Crippen LogP contribution in [-0.4, -0.2) is 33.0 Å². The molecule has 0 amide bonds. The maximum absolute atomic E-state index is 11.2. The van der Waals surface area contributed by atoms with Crippen molar-refractivity contribution in [1.29, 1.82) is 0 Å². The van der Waals surface area contributed by atoms with Gasteiger partial charge in [0.2, 0.25) is 0 Å². The van der Waals surface area contributed by atoms with Crippen LogP contribution < -0.4 is 5.32 Å². The van der Waals surface area contributed by atoms with Crippen molar-refractivity contribution in [2.24, 2.45) is 11.8 Å². The maximum atomic E-state index is 11.2. The van der Waals surface area contributed by atoms with Crippen molar-refractivity contribution in [1.82, 2.24) is 5.32 Å². The number of nitrogens with one attached hydrogen (secondary N) is 1. The molecule has 2 atom stereocenters. The molecule has 2 aliphatic rings. The van der Waals surface area contributed by atoms with Crippen molar-refractivity contribution in [2.75, 3.05) is 24.6 Å². The lowest BCUT2D eigenvalue weighted by atomic mass is 9.90. The van der Waals surface area contributed by atoms with Gasteiger partial charge in [-0.25, -0.2) is 8.42 Å². The molecule has 0 aromatic heterocycles. The molecule has 11 heavy (non-hydrogen) atoms. The fourth-order valence-electron chi connectivity index (χ4n) is 2.11. The van der Waals surface area contributed by atoms with E-state index in [4.69, 9.17) is 0 Å². The molecule has 0 bridgehead atoms. The van der Waals surface area contributed by atoms with Gasteiger partial charge in [-0.2, -0.15) is 0 Å². The highest BCUT2D eigenvalue weighted by Crippen LogP contribution is 2.29. The summed E-state index contributed by atoms with van der Waals surface area (Å²) in [5.41, 5.74) is 0. The maximum Gasteiger partial charge on any atom is 0.150 e. The van der Waals surface area contributed by atoms with Crippen LogP contribution in [0.1, 0.15) is 6.42 Å². The molecule has 2 saturated heterocycles. The Labute approximate surface area is 67.1 Å². The van der Waals surface area contributed by atoms with Crippen LogP contribution in [0.3, 0.4) is 0 Å². The summed E-state index contributed by atoms with van der Waals surface area (Å²) in [6.07, 6.45) is 1.05. The van der Waals surface area contributed by atoms with E-state index in [9.17, 15) is 8.42 Å². The van der Waals surface area contributed by atoms with Gasteiger partial charge in [0.25, 0.3) is 0 Å². The highest BCUT2D eigenvalue weighted by molar-refractivity contribution is 7.91. The lowest BCUT2D eigenvalue weighted by Gasteiger charge is -2.23. The molecule has 0 radical (unpaired) electrons. The van der Waals surface area contributed by atoms with E-state index in [1.807, 2.05) is 0 Å². The summed E-state index contributed by atoms with van der Waals surface area (Å²) in [5, 5.41) is 3.23. The van der Waals surface area contributed by atoms with E-state index in [-0.39, 0.29) is 0 Å². The predicted molar refractivity (Wildman–Crippen MR) is 43.1 cm³/mol. The molecular weight excluding hydrogens is 162 g/mol. The highest BCUT2D eigenvalue weighted by Gasteiger charge is 2.38. The van der Waals surface area contributed by atoms with E-state index in [0.29, 0.717) is 23.3 Å². The van der Waals surface area contributed by atoms with E-state index in [0.717, 1.165) is 19.5 Å². The molecule has 4 heteroatoms. The molecule has 1 N–H and O–H groups in total. The fraction of sp³-hybridized carbons (Fsp3) is 1.00. The Morgan fingerprint density at radius 1 is 1.18 bits per heavy atom. The molecule has 2 rings (SSSR count). The minimum Gasteiger partial charge on any atom is -0.316 e. The first-order valence-electron chi connectivity index (χ1n) is 4.08. The van der Waals surface area contributed by atoms with E-state index in [2.05, 4.69) is 5.32 Å². The molecule has 0 aliphatic carbocycles. The van der Waals surface area contributed by atoms with Gasteiger partial charge in [-0.1, -0.05) is 0 Å². The number of rotatable bonds is 0. The van der Waals surface area contributed by atoms with Crippen LogP contribution >= 0.6 is 0 Å². The zero-order valence-corrected chi connectivity index (χ0v) is 7.23. The molecule has 0 spiro atoms. The van der Waals surface area contributed by atoms with Crippen LogP contribution in [0.5, 0.6) is 0 Å². The second-order valence-corrected chi connectivity index (χ2v) is 5.74. The van der Waals surface area contributed by atoms with Crippen molar-refractivity contribution in [3.8, 4) is 0 Å². The summed E-state index contributed by atoms with van der Waals surface area (Å²) in [4.78, 5) is 0. The Morgan fingerprint density at radius 3 is 2.64 bits per heavy atom. The van der Waals surface area contributed by atoms with Crippen LogP contribution in [0.15, 0.2) is 0 Å². The molecule has 0 aromatic rings. The fourth-order valence-corrected chi connectivity index (χ4v) is 4.38. The smallest absolute Gasteiger partial charge is 0.150 e. The lowest BCUT2D eigenvalue weighted by molar-refractivity contribution is 0.318. The third kappa shape index (κ3) is 1.42.